The Balaban J connectivity index is 1.94. The Kier molecular flexibility index (Phi) is 4.40. The topological polar surface area (TPSA) is 59.3 Å². The lowest BCUT2D eigenvalue weighted by atomic mass is 9.99. The third-order valence-corrected chi connectivity index (χ3v) is 3.20. The van der Waals surface area contributed by atoms with Crippen LogP contribution in [-0.2, 0) is 22.4 Å². The third-order valence-electron chi connectivity index (χ3n) is 3.20. The molecule has 1 unspecified atom stereocenters. The Morgan fingerprint density at radius 2 is 2.42 bits per heavy atom. The maximum atomic E-state index is 11.5. The van der Waals surface area contributed by atoms with Gasteiger partial charge in [-0.05, 0) is 37.0 Å². The van der Waals surface area contributed by atoms with E-state index in [2.05, 4.69) is 6.07 Å². The molecule has 1 atom stereocenters. The number of rotatable bonds is 5. The molecule has 1 aliphatic heterocycles. The lowest BCUT2D eigenvalue weighted by Gasteiger charge is -2.08. The van der Waals surface area contributed by atoms with Crippen molar-refractivity contribution in [3.05, 3.63) is 29.3 Å². The molecule has 0 spiro atoms. The van der Waals surface area contributed by atoms with Gasteiger partial charge in [0.25, 0.3) is 0 Å². The van der Waals surface area contributed by atoms with E-state index < -0.39 is 11.9 Å². The molecule has 0 N–H and O–H groups in total. The van der Waals surface area contributed by atoms with Crippen LogP contribution in [0.5, 0.6) is 5.75 Å². The van der Waals surface area contributed by atoms with Crippen LogP contribution in [0.2, 0.25) is 0 Å². The van der Waals surface area contributed by atoms with Crippen molar-refractivity contribution in [1.82, 2.24) is 0 Å². The second kappa shape index (κ2) is 6.24. The molecule has 2 rings (SSSR count). The fourth-order valence-electron chi connectivity index (χ4n) is 2.18. The van der Waals surface area contributed by atoms with Crippen molar-refractivity contribution >= 4 is 5.97 Å². The average Bonchev–Trinajstić information content (AvgIpc) is 2.87. The van der Waals surface area contributed by atoms with Gasteiger partial charge in [-0.3, -0.25) is 4.79 Å². The molecule has 0 amide bonds. The minimum absolute atomic E-state index is 0.313. The molecule has 0 aromatic heterocycles. The maximum Gasteiger partial charge on any atom is 0.323 e. The first kappa shape index (κ1) is 13.4. The largest absolute Gasteiger partial charge is 0.493 e. The molecule has 4 heteroatoms. The van der Waals surface area contributed by atoms with E-state index >= 15 is 0 Å². The first-order valence-electron chi connectivity index (χ1n) is 6.55. The zero-order valence-electron chi connectivity index (χ0n) is 11.0. The molecule has 1 heterocycles. The molecule has 0 saturated heterocycles. The Morgan fingerprint density at radius 3 is 3.16 bits per heavy atom. The normalized spacial score (nSPS) is 14.1. The zero-order chi connectivity index (χ0) is 13.7. The minimum atomic E-state index is -0.676. The summed E-state index contributed by atoms with van der Waals surface area (Å²) < 4.78 is 10.3. The summed E-state index contributed by atoms with van der Waals surface area (Å²) in [7, 11) is 0. The molecule has 0 saturated carbocycles. The second-order valence-electron chi connectivity index (χ2n) is 4.51. The van der Waals surface area contributed by atoms with Crippen LogP contribution in [0.3, 0.4) is 0 Å². The van der Waals surface area contributed by atoms with E-state index in [9.17, 15) is 4.79 Å². The average molecular weight is 259 g/mol. The molecule has 1 aromatic rings. The highest BCUT2D eigenvalue weighted by Gasteiger charge is 2.19. The van der Waals surface area contributed by atoms with E-state index in [-0.39, 0.29) is 0 Å². The molecule has 1 aromatic carbocycles. The van der Waals surface area contributed by atoms with Gasteiger partial charge < -0.3 is 9.47 Å². The van der Waals surface area contributed by atoms with Crippen LogP contribution < -0.4 is 4.74 Å². The summed E-state index contributed by atoms with van der Waals surface area (Å²) in [5.41, 5.74) is 2.34. The van der Waals surface area contributed by atoms with Crippen molar-refractivity contribution in [3.8, 4) is 11.8 Å². The molecule has 0 bridgehead atoms. The second-order valence-corrected chi connectivity index (χ2v) is 4.51. The van der Waals surface area contributed by atoms with Gasteiger partial charge in [-0.25, -0.2) is 0 Å². The van der Waals surface area contributed by atoms with Gasteiger partial charge in [0.2, 0.25) is 0 Å². The summed E-state index contributed by atoms with van der Waals surface area (Å²) in [6.45, 7) is 2.79. The van der Waals surface area contributed by atoms with Crippen molar-refractivity contribution in [3.63, 3.8) is 0 Å². The summed E-state index contributed by atoms with van der Waals surface area (Å²) in [5, 5.41) is 8.99. The first-order valence-corrected chi connectivity index (χ1v) is 6.55. The fourth-order valence-corrected chi connectivity index (χ4v) is 2.18. The maximum absolute atomic E-state index is 11.5. The van der Waals surface area contributed by atoms with Gasteiger partial charge in [0.1, 0.15) is 11.7 Å². The van der Waals surface area contributed by atoms with Crippen molar-refractivity contribution < 1.29 is 14.3 Å². The van der Waals surface area contributed by atoms with Crippen LogP contribution >= 0.6 is 0 Å². The summed E-state index contributed by atoms with van der Waals surface area (Å²) >= 11 is 0. The first-order chi connectivity index (χ1) is 9.24. The number of carbonyl (C=O) groups excluding carboxylic acids is 1. The summed E-state index contributed by atoms with van der Waals surface area (Å²) in [6.07, 6.45) is 2.13. The number of carbonyl (C=O) groups is 1. The van der Waals surface area contributed by atoms with Gasteiger partial charge in [0, 0.05) is 6.42 Å². The monoisotopic (exact) mass is 259 g/mol. The Bertz CT molecular complexity index is 505. The number of aryl methyl sites for hydroxylation is 1. The van der Waals surface area contributed by atoms with Gasteiger partial charge >= 0.3 is 5.97 Å². The van der Waals surface area contributed by atoms with Crippen LogP contribution in [0.4, 0.5) is 0 Å². The fraction of sp³-hybridized carbons (Fsp3) is 0.467. The number of esters is 1. The van der Waals surface area contributed by atoms with Crippen molar-refractivity contribution in [2.75, 3.05) is 13.2 Å². The van der Waals surface area contributed by atoms with Crippen LogP contribution in [0.1, 0.15) is 24.5 Å². The van der Waals surface area contributed by atoms with Gasteiger partial charge in [0.05, 0.1) is 19.3 Å². The number of nitrogens with zero attached hydrogens (tertiary/aromatic N) is 1. The van der Waals surface area contributed by atoms with Crippen molar-refractivity contribution in [2.45, 2.75) is 26.2 Å². The summed E-state index contributed by atoms with van der Waals surface area (Å²) in [6, 6.07) is 8.06. The summed E-state index contributed by atoms with van der Waals surface area (Å²) in [4.78, 5) is 11.5. The highest BCUT2D eigenvalue weighted by Crippen LogP contribution is 2.26. The number of nitriles is 1. The molecular formula is C15H17NO3. The van der Waals surface area contributed by atoms with E-state index in [1.54, 1.807) is 6.92 Å². The van der Waals surface area contributed by atoms with Gasteiger partial charge in [-0.15, -0.1) is 0 Å². The molecule has 0 radical (unpaired) electrons. The lowest BCUT2D eigenvalue weighted by Crippen LogP contribution is -2.16. The van der Waals surface area contributed by atoms with Gasteiger partial charge in [0.15, 0.2) is 0 Å². The Hall–Kier alpha value is -2.02. The van der Waals surface area contributed by atoms with Crippen molar-refractivity contribution in [2.24, 2.45) is 5.92 Å². The number of fused-ring (bicyclic) bond motifs is 1. The Labute approximate surface area is 112 Å². The number of benzene rings is 1. The Morgan fingerprint density at radius 1 is 1.58 bits per heavy atom. The van der Waals surface area contributed by atoms with E-state index in [0.717, 1.165) is 24.3 Å². The van der Waals surface area contributed by atoms with Gasteiger partial charge in [-0.2, -0.15) is 5.26 Å². The third kappa shape index (κ3) is 3.25. The predicted molar refractivity (Wildman–Crippen MR) is 69.7 cm³/mol. The van der Waals surface area contributed by atoms with Gasteiger partial charge in [-0.1, -0.05) is 12.1 Å². The number of ether oxygens (including phenoxy) is 2. The number of hydrogen-bond donors (Lipinski definition) is 0. The van der Waals surface area contributed by atoms with E-state index in [1.165, 1.54) is 5.56 Å². The lowest BCUT2D eigenvalue weighted by molar-refractivity contribution is -0.146. The molecule has 1 aliphatic rings. The smallest absolute Gasteiger partial charge is 0.323 e. The standard InChI is InChI=1S/C15H17NO3/c1-2-18-15(17)13(10-16)5-3-11-4-6-14-12(9-11)7-8-19-14/h4,6,9,13H,2-3,5,7-8H2,1H3. The van der Waals surface area contributed by atoms with Crippen LogP contribution in [0.15, 0.2) is 18.2 Å². The van der Waals surface area contributed by atoms with Crippen LogP contribution in [0.25, 0.3) is 0 Å². The molecule has 4 nitrogen and oxygen atoms in total. The molecular weight excluding hydrogens is 242 g/mol. The van der Waals surface area contributed by atoms with Crippen molar-refractivity contribution in [1.29, 1.82) is 5.26 Å². The van der Waals surface area contributed by atoms with Crippen LogP contribution in [-0.4, -0.2) is 19.2 Å². The SMILES string of the molecule is CCOC(=O)C(C#N)CCc1ccc2c(c1)CCO2. The van der Waals surface area contributed by atoms with Crippen LogP contribution in [0, 0.1) is 17.2 Å². The molecule has 0 aliphatic carbocycles. The predicted octanol–water partition coefficient (Wildman–Crippen LogP) is 2.26. The van der Waals surface area contributed by atoms with E-state index in [4.69, 9.17) is 14.7 Å². The minimum Gasteiger partial charge on any atom is -0.493 e. The zero-order valence-corrected chi connectivity index (χ0v) is 11.0. The van der Waals surface area contributed by atoms with E-state index in [0.29, 0.717) is 19.4 Å². The van der Waals surface area contributed by atoms with E-state index in [1.807, 2.05) is 18.2 Å². The highest BCUT2D eigenvalue weighted by molar-refractivity contribution is 5.75. The molecule has 100 valence electrons. The molecule has 19 heavy (non-hydrogen) atoms. The highest BCUT2D eigenvalue weighted by atomic mass is 16.5. The summed E-state index contributed by atoms with van der Waals surface area (Å²) in [5.74, 6) is -0.148. The quantitative estimate of drug-likeness (QED) is 0.761. The number of hydrogen-bond acceptors (Lipinski definition) is 4. The molecule has 0 fully saturated rings.